The lowest BCUT2D eigenvalue weighted by molar-refractivity contribution is -0.122. The summed E-state index contributed by atoms with van der Waals surface area (Å²) in [7, 11) is 0. The van der Waals surface area contributed by atoms with Crippen LogP contribution in [-0.2, 0) is 17.9 Å². The van der Waals surface area contributed by atoms with Gasteiger partial charge >= 0.3 is 0 Å². The Morgan fingerprint density at radius 2 is 1.88 bits per heavy atom. The van der Waals surface area contributed by atoms with Crippen molar-refractivity contribution in [2.24, 2.45) is 5.92 Å². The van der Waals surface area contributed by atoms with Crippen molar-refractivity contribution in [2.45, 2.75) is 25.5 Å². The van der Waals surface area contributed by atoms with Gasteiger partial charge in [0.25, 0.3) is 0 Å². The number of carbonyl (C=O) groups excluding carboxylic acids is 1. The minimum Gasteiger partial charge on any atom is -0.489 e. The molecule has 1 aliphatic carbocycles. The first kappa shape index (κ1) is 16.5. The normalized spacial score (nSPS) is 18.3. The molecule has 0 aliphatic heterocycles. The summed E-state index contributed by atoms with van der Waals surface area (Å²) in [5.41, 5.74) is 2.16. The molecular weight excluding hydrogens is 326 g/mol. The molecule has 0 bridgehead atoms. The third kappa shape index (κ3) is 3.97. The largest absolute Gasteiger partial charge is 0.489 e. The van der Waals surface area contributed by atoms with E-state index in [1.165, 1.54) is 0 Å². The van der Waals surface area contributed by atoms with Gasteiger partial charge in [-0.15, -0.1) is 0 Å². The predicted molar refractivity (Wildman–Crippen MR) is 98.6 cm³/mol. The number of nitrogens with one attached hydrogen (secondary N) is 1. The van der Waals surface area contributed by atoms with Crippen molar-refractivity contribution >= 4 is 5.91 Å². The molecule has 1 amide bonds. The maximum atomic E-state index is 12.3. The Kier molecular flexibility index (Phi) is 4.73. The van der Waals surface area contributed by atoms with Gasteiger partial charge in [-0.2, -0.15) is 0 Å². The number of hydrogen-bond acceptors (Lipinski definition) is 3. The number of carbonyl (C=O) groups is 1. The minimum atomic E-state index is 0.0265. The summed E-state index contributed by atoms with van der Waals surface area (Å²) in [6, 6.07) is 21.7. The zero-order valence-corrected chi connectivity index (χ0v) is 14.4. The van der Waals surface area contributed by atoms with E-state index in [0.29, 0.717) is 13.2 Å². The molecule has 4 nitrogen and oxygen atoms in total. The number of amides is 1. The van der Waals surface area contributed by atoms with Crippen molar-refractivity contribution in [3.8, 4) is 5.75 Å². The maximum absolute atomic E-state index is 12.3. The van der Waals surface area contributed by atoms with Crippen molar-refractivity contribution in [2.75, 3.05) is 0 Å². The van der Waals surface area contributed by atoms with Gasteiger partial charge in [-0.3, -0.25) is 4.79 Å². The van der Waals surface area contributed by atoms with E-state index in [0.717, 1.165) is 29.1 Å². The van der Waals surface area contributed by atoms with E-state index in [-0.39, 0.29) is 17.7 Å². The SMILES string of the molecule is O=C(NCc1cccc(OCc2ccccc2)c1)C1CC1c1ccco1. The lowest BCUT2D eigenvalue weighted by atomic mass is 10.2. The van der Waals surface area contributed by atoms with Crippen molar-refractivity contribution in [3.05, 3.63) is 89.9 Å². The van der Waals surface area contributed by atoms with Gasteiger partial charge in [-0.1, -0.05) is 42.5 Å². The molecular formula is C22H21NO3. The van der Waals surface area contributed by atoms with E-state index in [2.05, 4.69) is 5.32 Å². The molecule has 0 spiro atoms. The van der Waals surface area contributed by atoms with Gasteiger partial charge in [0.1, 0.15) is 18.1 Å². The number of ether oxygens (including phenoxy) is 1. The predicted octanol–water partition coefficient (Wildman–Crippen LogP) is 4.28. The number of benzene rings is 2. The molecule has 132 valence electrons. The van der Waals surface area contributed by atoms with Crippen LogP contribution in [0.25, 0.3) is 0 Å². The van der Waals surface area contributed by atoms with Crippen molar-refractivity contribution in [1.29, 1.82) is 0 Å². The highest BCUT2D eigenvalue weighted by Gasteiger charge is 2.45. The molecule has 4 rings (SSSR count). The van der Waals surface area contributed by atoms with Gasteiger partial charge < -0.3 is 14.5 Å². The molecule has 4 heteroatoms. The van der Waals surface area contributed by atoms with E-state index in [9.17, 15) is 4.79 Å². The van der Waals surface area contributed by atoms with Crippen molar-refractivity contribution < 1.29 is 13.9 Å². The fourth-order valence-electron chi connectivity index (χ4n) is 3.11. The van der Waals surface area contributed by atoms with Crippen LogP contribution in [0.4, 0.5) is 0 Å². The Morgan fingerprint density at radius 1 is 1.04 bits per heavy atom. The van der Waals surface area contributed by atoms with Crippen LogP contribution in [0.2, 0.25) is 0 Å². The number of rotatable bonds is 7. The Labute approximate surface area is 152 Å². The number of furan rings is 1. The molecule has 1 aromatic heterocycles. The highest BCUT2D eigenvalue weighted by molar-refractivity contribution is 5.82. The van der Waals surface area contributed by atoms with Crippen molar-refractivity contribution in [3.63, 3.8) is 0 Å². The molecule has 0 saturated heterocycles. The monoisotopic (exact) mass is 347 g/mol. The first-order valence-corrected chi connectivity index (χ1v) is 8.86. The molecule has 2 atom stereocenters. The summed E-state index contributed by atoms with van der Waals surface area (Å²) >= 11 is 0. The average molecular weight is 347 g/mol. The van der Waals surface area contributed by atoms with Gasteiger partial charge in [-0.05, 0) is 41.8 Å². The standard InChI is InChI=1S/C22H21NO3/c24-22(20-13-19(20)21-10-5-11-25-21)23-14-17-8-4-9-18(12-17)26-15-16-6-2-1-3-7-16/h1-12,19-20H,13-15H2,(H,23,24). The van der Waals surface area contributed by atoms with E-state index in [1.54, 1.807) is 6.26 Å². The lowest BCUT2D eigenvalue weighted by Gasteiger charge is -2.09. The van der Waals surface area contributed by atoms with Crippen LogP contribution >= 0.6 is 0 Å². The molecule has 3 aromatic rings. The third-order valence-corrected chi connectivity index (χ3v) is 4.65. The van der Waals surface area contributed by atoms with Crippen LogP contribution in [0.5, 0.6) is 5.75 Å². The van der Waals surface area contributed by atoms with Gasteiger partial charge in [0.05, 0.1) is 6.26 Å². The second kappa shape index (κ2) is 7.48. The van der Waals surface area contributed by atoms with Gasteiger partial charge in [0.15, 0.2) is 0 Å². The summed E-state index contributed by atoms with van der Waals surface area (Å²) in [5.74, 6) is 2.05. The molecule has 2 aromatic carbocycles. The van der Waals surface area contributed by atoms with E-state index in [4.69, 9.17) is 9.15 Å². The summed E-state index contributed by atoms with van der Waals surface area (Å²) < 4.78 is 11.2. The molecule has 1 N–H and O–H groups in total. The quantitative estimate of drug-likeness (QED) is 0.694. The summed E-state index contributed by atoms with van der Waals surface area (Å²) in [6.07, 6.45) is 2.52. The van der Waals surface area contributed by atoms with Crippen LogP contribution < -0.4 is 10.1 Å². The topological polar surface area (TPSA) is 51.5 Å². The molecule has 1 aliphatic rings. The fraction of sp³-hybridized carbons (Fsp3) is 0.227. The van der Waals surface area contributed by atoms with Crippen LogP contribution in [0.1, 0.15) is 29.2 Å². The second-order valence-electron chi connectivity index (χ2n) is 6.60. The van der Waals surface area contributed by atoms with Crippen LogP contribution in [0.15, 0.2) is 77.4 Å². The average Bonchev–Trinajstić information content (AvgIpc) is 3.30. The highest BCUT2D eigenvalue weighted by atomic mass is 16.5. The highest BCUT2D eigenvalue weighted by Crippen LogP contribution is 2.47. The first-order valence-electron chi connectivity index (χ1n) is 8.86. The Hall–Kier alpha value is -3.01. The third-order valence-electron chi connectivity index (χ3n) is 4.65. The lowest BCUT2D eigenvalue weighted by Crippen LogP contribution is -2.24. The molecule has 1 heterocycles. The van der Waals surface area contributed by atoms with E-state index < -0.39 is 0 Å². The van der Waals surface area contributed by atoms with E-state index >= 15 is 0 Å². The molecule has 2 unspecified atom stereocenters. The Bertz CT molecular complexity index is 858. The molecule has 1 saturated carbocycles. The Morgan fingerprint density at radius 3 is 2.69 bits per heavy atom. The minimum absolute atomic E-state index is 0.0265. The van der Waals surface area contributed by atoms with Crippen LogP contribution in [0.3, 0.4) is 0 Å². The van der Waals surface area contributed by atoms with Crippen LogP contribution in [-0.4, -0.2) is 5.91 Å². The zero-order chi connectivity index (χ0) is 17.8. The summed E-state index contributed by atoms with van der Waals surface area (Å²) in [5, 5.41) is 3.02. The molecule has 0 radical (unpaired) electrons. The van der Waals surface area contributed by atoms with Crippen LogP contribution in [0, 0.1) is 5.92 Å². The summed E-state index contributed by atoms with van der Waals surface area (Å²) in [4.78, 5) is 12.3. The smallest absolute Gasteiger partial charge is 0.224 e. The fourth-order valence-corrected chi connectivity index (χ4v) is 3.11. The molecule has 1 fully saturated rings. The van der Waals surface area contributed by atoms with Gasteiger partial charge in [0, 0.05) is 18.4 Å². The Balaban J connectivity index is 1.28. The first-order chi connectivity index (χ1) is 12.8. The van der Waals surface area contributed by atoms with E-state index in [1.807, 2.05) is 66.7 Å². The second-order valence-corrected chi connectivity index (χ2v) is 6.60. The maximum Gasteiger partial charge on any atom is 0.224 e. The van der Waals surface area contributed by atoms with Crippen molar-refractivity contribution in [1.82, 2.24) is 5.32 Å². The van der Waals surface area contributed by atoms with Gasteiger partial charge in [-0.25, -0.2) is 0 Å². The summed E-state index contributed by atoms with van der Waals surface area (Å²) in [6.45, 7) is 1.03. The van der Waals surface area contributed by atoms with Gasteiger partial charge in [0.2, 0.25) is 5.91 Å². The number of hydrogen-bond donors (Lipinski definition) is 1. The molecule has 26 heavy (non-hydrogen) atoms. The zero-order valence-electron chi connectivity index (χ0n) is 14.4.